The van der Waals surface area contributed by atoms with Crippen molar-refractivity contribution in [2.24, 2.45) is 5.92 Å². The summed E-state index contributed by atoms with van der Waals surface area (Å²) >= 11 is 6.18. The Morgan fingerprint density at radius 1 is 1.00 bits per heavy atom. The monoisotopic (exact) mass is 250 g/mol. The van der Waals surface area contributed by atoms with E-state index in [4.69, 9.17) is 25.8 Å². The van der Waals surface area contributed by atoms with Gasteiger partial charge in [-0.05, 0) is 25.2 Å². The van der Waals surface area contributed by atoms with Crippen LogP contribution < -0.4 is 0 Å². The van der Waals surface area contributed by atoms with Crippen molar-refractivity contribution < 1.29 is 14.2 Å². The highest BCUT2D eigenvalue weighted by Gasteiger charge is 2.24. The summed E-state index contributed by atoms with van der Waals surface area (Å²) in [5.41, 5.74) is 0. The van der Waals surface area contributed by atoms with E-state index in [1.807, 2.05) is 0 Å². The van der Waals surface area contributed by atoms with Crippen LogP contribution in [-0.4, -0.2) is 45.5 Å². The molecule has 2 unspecified atom stereocenters. The molecule has 0 saturated heterocycles. The first kappa shape index (κ1) is 14.2. The van der Waals surface area contributed by atoms with Gasteiger partial charge in [0.2, 0.25) is 0 Å². The Kier molecular flexibility index (Phi) is 8.21. The minimum Gasteiger partial charge on any atom is -0.382 e. The average Bonchev–Trinajstić information content (AvgIpc) is 2.68. The molecule has 0 bridgehead atoms. The van der Waals surface area contributed by atoms with E-state index < -0.39 is 0 Å². The summed E-state index contributed by atoms with van der Waals surface area (Å²) in [6.45, 7) is 3.42. The fourth-order valence-corrected chi connectivity index (χ4v) is 2.42. The van der Waals surface area contributed by atoms with Crippen LogP contribution in [0.3, 0.4) is 0 Å². The van der Waals surface area contributed by atoms with Gasteiger partial charge in [0.05, 0.1) is 26.4 Å². The molecular formula is C12H23ClO3. The second kappa shape index (κ2) is 9.23. The zero-order valence-corrected chi connectivity index (χ0v) is 10.9. The number of ether oxygens (including phenoxy) is 3. The van der Waals surface area contributed by atoms with Crippen molar-refractivity contribution in [3.05, 3.63) is 0 Å². The van der Waals surface area contributed by atoms with Gasteiger partial charge in [0.25, 0.3) is 0 Å². The number of methoxy groups -OCH3 is 1. The predicted molar refractivity (Wildman–Crippen MR) is 65.1 cm³/mol. The van der Waals surface area contributed by atoms with Crippen LogP contribution in [0.1, 0.15) is 25.7 Å². The highest BCUT2D eigenvalue weighted by atomic mass is 35.5. The Labute approximate surface area is 103 Å². The van der Waals surface area contributed by atoms with Gasteiger partial charge in [0.1, 0.15) is 0 Å². The minimum absolute atomic E-state index is 0.376. The molecule has 0 aliphatic heterocycles. The van der Waals surface area contributed by atoms with Crippen molar-refractivity contribution in [2.45, 2.75) is 31.1 Å². The Morgan fingerprint density at radius 2 is 1.69 bits per heavy atom. The van der Waals surface area contributed by atoms with Gasteiger partial charge in [-0.15, -0.1) is 11.6 Å². The topological polar surface area (TPSA) is 27.7 Å². The van der Waals surface area contributed by atoms with E-state index >= 15 is 0 Å². The van der Waals surface area contributed by atoms with E-state index in [-0.39, 0.29) is 0 Å². The zero-order chi connectivity index (χ0) is 11.6. The Hall–Kier alpha value is 0.170. The molecule has 0 radical (unpaired) electrons. The maximum absolute atomic E-state index is 6.18. The summed E-state index contributed by atoms with van der Waals surface area (Å²) in [5.74, 6) is 0.663. The fourth-order valence-electron chi connectivity index (χ4n) is 2.02. The highest BCUT2D eigenvalue weighted by Crippen LogP contribution is 2.32. The SMILES string of the molecule is COCCOCCOCCC1CCCC1Cl. The van der Waals surface area contributed by atoms with Crippen molar-refractivity contribution >= 4 is 11.6 Å². The number of alkyl halides is 1. The lowest BCUT2D eigenvalue weighted by molar-refractivity contribution is 0.0220. The van der Waals surface area contributed by atoms with Crippen molar-refractivity contribution in [3.63, 3.8) is 0 Å². The lowest BCUT2D eigenvalue weighted by atomic mass is 10.0. The van der Waals surface area contributed by atoms with Crippen LogP contribution in [0.4, 0.5) is 0 Å². The first-order chi connectivity index (χ1) is 7.84. The molecule has 0 N–H and O–H groups in total. The molecule has 1 aliphatic rings. The molecule has 0 amide bonds. The second-order valence-electron chi connectivity index (χ2n) is 4.21. The number of halogens is 1. The molecule has 1 rings (SSSR count). The summed E-state index contributed by atoms with van der Waals surface area (Å²) in [5, 5.41) is 0.376. The molecule has 96 valence electrons. The van der Waals surface area contributed by atoms with Gasteiger partial charge in [-0.1, -0.05) is 6.42 Å². The molecule has 3 nitrogen and oxygen atoms in total. The van der Waals surface area contributed by atoms with Gasteiger partial charge < -0.3 is 14.2 Å². The normalized spacial score (nSPS) is 25.1. The zero-order valence-electron chi connectivity index (χ0n) is 10.1. The number of rotatable bonds is 9. The molecule has 0 heterocycles. The van der Waals surface area contributed by atoms with Crippen molar-refractivity contribution in [1.29, 1.82) is 0 Å². The van der Waals surface area contributed by atoms with Gasteiger partial charge >= 0.3 is 0 Å². The third kappa shape index (κ3) is 6.04. The van der Waals surface area contributed by atoms with E-state index in [9.17, 15) is 0 Å². The fraction of sp³-hybridized carbons (Fsp3) is 1.00. The van der Waals surface area contributed by atoms with Crippen LogP contribution in [0, 0.1) is 5.92 Å². The molecule has 1 saturated carbocycles. The Morgan fingerprint density at radius 3 is 2.31 bits per heavy atom. The molecule has 0 aromatic carbocycles. The van der Waals surface area contributed by atoms with E-state index in [1.165, 1.54) is 19.3 Å². The number of hydrogen-bond acceptors (Lipinski definition) is 3. The molecule has 4 heteroatoms. The van der Waals surface area contributed by atoms with E-state index in [1.54, 1.807) is 7.11 Å². The van der Waals surface area contributed by atoms with Crippen LogP contribution in [0.2, 0.25) is 0 Å². The Bertz CT molecular complexity index is 166. The maximum Gasteiger partial charge on any atom is 0.0701 e. The smallest absolute Gasteiger partial charge is 0.0701 e. The van der Waals surface area contributed by atoms with Crippen LogP contribution in [0.15, 0.2) is 0 Å². The van der Waals surface area contributed by atoms with E-state index in [0.29, 0.717) is 37.7 Å². The standard InChI is InChI=1S/C12H23ClO3/c1-14-7-8-16-10-9-15-6-5-11-3-2-4-12(11)13/h11-12H,2-10H2,1H3. The quantitative estimate of drug-likeness (QED) is 0.465. The Balaban J connectivity index is 1.81. The summed E-state index contributed by atoms with van der Waals surface area (Å²) in [6.07, 6.45) is 4.80. The van der Waals surface area contributed by atoms with Gasteiger partial charge in [-0.2, -0.15) is 0 Å². The van der Waals surface area contributed by atoms with Gasteiger partial charge in [-0.25, -0.2) is 0 Å². The van der Waals surface area contributed by atoms with Crippen LogP contribution in [0.25, 0.3) is 0 Å². The first-order valence-electron chi connectivity index (χ1n) is 6.13. The van der Waals surface area contributed by atoms with Gasteiger partial charge in [0, 0.05) is 19.1 Å². The number of hydrogen-bond donors (Lipinski definition) is 0. The largest absolute Gasteiger partial charge is 0.382 e. The minimum atomic E-state index is 0.376. The molecule has 16 heavy (non-hydrogen) atoms. The van der Waals surface area contributed by atoms with Crippen LogP contribution >= 0.6 is 11.6 Å². The van der Waals surface area contributed by atoms with Gasteiger partial charge in [0.15, 0.2) is 0 Å². The highest BCUT2D eigenvalue weighted by molar-refractivity contribution is 6.20. The van der Waals surface area contributed by atoms with Gasteiger partial charge in [-0.3, -0.25) is 0 Å². The second-order valence-corrected chi connectivity index (χ2v) is 4.77. The summed E-state index contributed by atoms with van der Waals surface area (Å²) in [7, 11) is 1.67. The summed E-state index contributed by atoms with van der Waals surface area (Å²) in [6, 6.07) is 0. The third-order valence-corrected chi connectivity index (χ3v) is 3.58. The van der Waals surface area contributed by atoms with E-state index in [2.05, 4.69) is 0 Å². The molecule has 1 aliphatic carbocycles. The average molecular weight is 251 g/mol. The van der Waals surface area contributed by atoms with E-state index in [0.717, 1.165) is 13.0 Å². The van der Waals surface area contributed by atoms with Crippen molar-refractivity contribution in [3.8, 4) is 0 Å². The molecule has 0 spiro atoms. The molecular weight excluding hydrogens is 228 g/mol. The molecule has 1 fully saturated rings. The van der Waals surface area contributed by atoms with Crippen molar-refractivity contribution in [2.75, 3.05) is 40.1 Å². The van der Waals surface area contributed by atoms with Crippen molar-refractivity contribution in [1.82, 2.24) is 0 Å². The van der Waals surface area contributed by atoms with Crippen LogP contribution in [0.5, 0.6) is 0 Å². The lowest BCUT2D eigenvalue weighted by Crippen LogP contribution is -2.13. The maximum atomic E-state index is 6.18. The molecule has 2 atom stereocenters. The molecule has 0 aromatic rings. The summed E-state index contributed by atoms with van der Waals surface area (Å²) in [4.78, 5) is 0. The predicted octanol–water partition coefficient (Wildman–Crippen LogP) is 2.46. The summed E-state index contributed by atoms with van der Waals surface area (Å²) < 4.78 is 15.7. The first-order valence-corrected chi connectivity index (χ1v) is 6.56. The molecule has 0 aromatic heterocycles. The third-order valence-electron chi connectivity index (χ3n) is 3.00. The van der Waals surface area contributed by atoms with Crippen LogP contribution in [-0.2, 0) is 14.2 Å². The lowest BCUT2D eigenvalue weighted by Gasteiger charge is -2.13.